The molecule has 2 rings (SSSR count). The summed E-state index contributed by atoms with van der Waals surface area (Å²) in [5.41, 5.74) is 3.14. The van der Waals surface area contributed by atoms with Crippen molar-refractivity contribution in [2.75, 3.05) is 7.05 Å². The zero-order valence-electron chi connectivity index (χ0n) is 9.55. The van der Waals surface area contributed by atoms with E-state index in [1.165, 1.54) is 12.1 Å². The molecule has 7 nitrogen and oxygen atoms in total. The van der Waals surface area contributed by atoms with E-state index in [1.807, 2.05) is 0 Å². The molecule has 1 fully saturated rings. The largest absolute Gasteiger partial charge is 0.480 e. The van der Waals surface area contributed by atoms with E-state index in [4.69, 9.17) is 5.11 Å². The van der Waals surface area contributed by atoms with Gasteiger partial charge in [0.1, 0.15) is 5.70 Å². The van der Waals surface area contributed by atoms with Gasteiger partial charge in [0.05, 0.1) is 4.92 Å². The molecule has 0 radical (unpaired) electrons. The molecular formula is C10H15N3O4. The Bertz CT molecular complexity index is 387. The summed E-state index contributed by atoms with van der Waals surface area (Å²) in [7, 11) is 1.52. The van der Waals surface area contributed by atoms with Crippen LogP contribution in [0.3, 0.4) is 0 Å². The summed E-state index contributed by atoms with van der Waals surface area (Å²) in [6, 6.07) is -1.19. The molecule has 0 aromatic rings. The molecule has 0 bridgehead atoms. The Balaban J connectivity index is 2.37. The monoisotopic (exact) mass is 241 g/mol. The molecule has 0 aromatic carbocycles. The lowest BCUT2D eigenvalue weighted by atomic mass is 10.0. The van der Waals surface area contributed by atoms with Crippen molar-refractivity contribution in [3.8, 4) is 0 Å². The van der Waals surface area contributed by atoms with Crippen molar-refractivity contribution in [3.63, 3.8) is 0 Å². The predicted molar refractivity (Wildman–Crippen MR) is 58.3 cm³/mol. The van der Waals surface area contributed by atoms with Crippen molar-refractivity contribution in [2.24, 2.45) is 5.92 Å². The van der Waals surface area contributed by atoms with E-state index in [1.54, 1.807) is 0 Å². The minimum Gasteiger partial charge on any atom is -0.480 e. The molecule has 1 aliphatic heterocycles. The van der Waals surface area contributed by atoms with Crippen molar-refractivity contribution < 1.29 is 14.8 Å². The highest BCUT2D eigenvalue weighted by Gasteiger charge is 2.46. The van der Waals surface area contributed by atoms with Gasteiger partial charge in [0.15, 0.2) is 0 Å². The van der Waals surface area contributed by atoms with E-state index >= 15 is 0 Å². The third-order valence-electron chi connectivity index (χ3n) is 3.41. The van der Waals surface area contributed by atoms with Crippen molar-refractivity contribution >= 4 is 5.97 Å². The van der Waals surface area contributed by atoms with E-state index < -0.39 is 16.9 Å². The molecule has 1 unspecified atom stereocenters. The van der Waals surface area contributed by atoms with Gasteiger partial charge in [0, 0.05) is 13.0 Å². The second kappa shape index (κ2) is 4.33. The smallest absolute Gasteiger partial charge is 0.334 e. The van der Waals surface area contributed by atoms with E-state index in [0.717, 1.165) is 25.7 Å². The molecule has 0 aromatic heterocycles. The maximum absolute atomic E-state index is 11.1. The number of hydrogen-bond donors (Lipinski definition) is 2. The van der Waals surface area contributed by atoms with Gasteiger partial charge in [-0.3, -0.25) is 10.1 Å². The van der Waals surface area contributed by atoms with Crippen LogP contribution in [0.2, 0.25) is 0 Å². The zero-order valence-corrected chi connectivity index (χ0v) is 9.55. The summed E-state index contributed by atoms with van der Waals surface area (Å²) >= 11 is 0. The van der Waals surface area contributed by atoms with Crippen molar-refractivity contribution in [1.29, 1.82) is 0 Å². The van der Waals surface area contributed by atoms with Crippen molar-refractivity contribution in [2.45, 2.75) is 31.7 Å². The zero-order chi connectivity index (χ0) is 12.6. The lowest BCUT2D eigenvalue weighted by molar-refractivity contribution is -0.430. The van der Waals surface area contributed by atoms with Crippen LogP contribution in [-0.4, -0.2) is 34.1 Å². The molecule has 17 heavy (non-hydrogen) atoms. The van der Waals surface area contributed by atoms with E-state index in [-0.39, 0.29) is 11.6 Å². The Morgan fingerprint density at radius 2 is 2.12 bits per heavy atom. The maximum Gasteiger partial charge on any atom is 0.334 e. The number of hydrazine groups is 1. The summed E-state index contributed by atoms with van der Waals surface area (Å²) in [4.78, 5) is 21.5. The molecule has 1 atom stereocenters. The second-order valence-electron chi connectivity index (χ2n) is 4.50. The normalized spacial score (nSPS) is 26.3. The highest BCUT2D eigenvalue weighted by Crippen LogP contribution is 2.35. The Kier molecular flexibility index (Phi) is 3.01. The number of nitro groups is 1. The quantitative estimate of drug-likeness (QED) is 0.554. The molecule has 2 aliphatic rings. The predicted octanol–water partition coefficient (Wildman–Crippen LogP) is 0.568. The number of carboxylic acids is 1. The van der Waals surface area contributed by atoms with Crippen molar-refractivity contribution in [3.05, 3.63) is 21.5 Å². The van der Waals surface area contributed by atoms with Crippen LogP contribution in [0.5, 0.6) is 0 Å². The van der Waals surface area contributed by atoms with Gasteiger partial charge >= 0.3 is 5.97 Å². The minimum atomic E-state index is -1.19. The van der Waals surface area contributed by atoms with Crippen LogP contribution in [-0.2, 0) is 4.79 Å². The number of likely N-dealkylation sites (N-methyl/N-ethyl adjacent to an activating group) is 1. The van der Waals surface area contributed by atoms with Gasteiger partial charge in [-0.15, -0.1) is 0 Å². The van der Waals surface area contributed by atoms with Gasteiger partial charge in [-0.2, -0.15) is 0 Å². The maximum atomic E-state index is 11.1. The number of nitrogens with zero attached hydrogens (tertiary/aromatic N) is 2. The number of hydrogen-bond acceptors (Lipinski definition) is 5. The van der Waals surface area contributed by atoms with Gasteiger partial charge in [-0.25, -0.2) is 9.80 Å². The fourth-order valence-corrected chi connectivity index (χ4v) is 2.64. The number of nitrogens with one attached hydrogen (secondary N) is 1. The molecular weight excluding hydrogens is 226 g/mol. The molecule has 1 saturated carbocycles. The fraction of sp³-hybridized carbons (Fsp3) is 0.700. The topological polar surface area (TPSA) is 95.7 Å². The molecule has 0 saturated heterocycles. The summed E-state index contributed by atoms with van der Waals surface area (Å²) in [5.74, 6) is -1.10. The Morgan fingerprint density at radius 3 is 2.59 bits per heavy atom. The molecule has 1 aliphatic carbocycles. The van der Waals surface area contributed by atoms with Crippen molar-refractivity contribution in [1.82, 2.24) is 10.4 Å². The second-order valence-corrected chi connectivity index (χ2v) is 4.50. The fourth-order valence-electron chi connectivity index (χ4n) is 2.64. The molecule has 2 N–H and O–H groups in total. The first-order valence-electron chi connectivity index (χ1n) is 5.63. The first-order valence-corrected chi connectivity index (χ1v) is 5.63. The van der Waals surface area contributed by atoms with E-state index in [2.05, 4.69) is 5.43 Å². The Morgan fingerprint density at radius 1 is 1.53 bits per heavy atom. The van der Waals surface area contributed by atoms with Crippen LogP contribution >= 0.6 is 0 Å². The minimum absolute atomic E-state index is 0.0993. The van der Waals surface area contributed by atoms with Crippen LogP contribution in [0.1, 0.15) is 25.7 Å². The number of rotatable bonds is 3. The average molecular weight is 241 g/mol. The number of carboxylic acid groups (broad SMARTS) is 1. The highest BCUT2D eigenvalue weighted by molar-refractivity contribution is 5.77. The van der Waals surface area contributed by atoms with Gasteiger partial charge in [-0.1, -0.05) is 12.8 Å². The molecule has 94 valence electrons. The Labute approximate surface area is 98.2 Å². The first-order chi connectivity index (χ1) is 8.02. The Hall–Kier alpha value is -1.63. The first kappa shape index (κ1) is 11.8. The number of carbonyl (C=O) groups is 1. The summed E-state index contributed by atoms with van der Waals surface area (Å²) in [5, 5.41) is 21.4. The van der Waals surface area contributed by atoms with E-state index in [9.17, 15) is 14.9 Å². The SMILES string of the molecule is CN1NC(C2CCCC2)=C([N+](=O)[O-])C1C(=O)O. The van der Waals surface area contributed by atoms with E-state index in [0.29, 0.717) is 5.70 Å². The van der Waals surface area contributed by atoms with Gasteiger partial charge in [0.2, 0.25) is 6.04 Å². The number of aliphatic carboxylic acids is 1. The highest BCUT2D eigenvalue weighted by atomic mass is 16.6. The third kappa shape index (κ3) is 1.97. The van der Waals surface area contributed by atoms with Crippen LogP contribution in [0.25, 0.3) is 0 Å². The average Bonchev–Trinajstić information content (AvgIpc) is 2.82. The van der Waals surface area contributed by atoms with Crippen LogP contribution in [0.4, 0.5) is 0 Å². The summed E-state index contributed by atoms with van der Waals surface area (Å²) in [6.45, 7) is 0. The van der Waals surface area contributed by atoms with Gasteiger partial charge in [-0.05, 0) is 12.8 Å². The van der Waals surface area contributed by atoms with Gasteiger partial charge < -0.3 is 10.5 Å². The lowest BCUT2D eigenvalue weighted by Crippen LogP contribution is -2.41. The van der Waals surface area contributed by atoms with Crippen LogP contribution in [0.15, 0.2) is 11.4 Å². The molecule has 1 heterocycles. The standard InChI is InChI=1S/C10H15N3O4/c1-12-9(10(14)15)8(13(16)17)7(11-12)6-4-2-3-5-6/h6,9,11H,2-5H2,1H3,(H,14,15). The van der Waals surface area contributed by atoms with Crippen LogP contribution in [0, 0.1) is 16.0 Å². The number of allylic oxidation sites excluding steroid dienone is 1. The lowest BCUT2D eigenvalue weighted by Gasteiger charge is -2.16. The molecule has 7 heteroatoms. The summed E-state index contributed by atoms with van der Waals surface area (Å²) < 4.78 is 0. The summed E-state index contributed by atoms with van der Waals surface area (Å²) in [6.07, 6.45) is 3.87. The molecule has 0 amide bonds. The third-order valence-corrected chi connectivity index (χ3v) is 3.41. The van der Waals surface area contributed by atoms with Crippen LogP contribution < -0.4 is 5.43 Å². The van der Waals surface area contributed by atoms with Gasteiger partial charge in [0.25, 0.3) is 5.70 Å². The molecule has 0 spiro atoms.